The Kier molecular flexibility index (Phi) is 48.0. The van der Waals surface area contributed by atoms with E-state index in [1.807, 2.05) is 21.1 Å². The molecule has 0 saturated carbocycles. The molecule has 0 N–H and O–H groups in total. The van der Waals surface area contributed by atoms with Gasteiger partial charge in [0, 0.05) is 12.8 Å². The Hall–Kier alpha value is -4.63. The Balaban J connectivity index is 4.37. The molecule has 0 aliphatic heterocycles. The Morgan fingerprint density at radius 1 is 0.431 bits per heavy atom. The molecule has 0 rings (SSSR count). The van der Waals surface area contributed by atoms with Gasteiger partial charge in [-0.2, -0.15) is 0 Å². The molecule has 2 unspecified atom stereocenters. The van der Waals surface area contributed by atoms with E-state index in [-0.39, 0.29) is 26.1 Å². The van der Waals surface area contributed by atoms with Crippen molar-refractivity contribution in [3.63, 3.8) is 0 Å². The summed E-state index contributed by atoms with van der Waals surface area (Å²) in [6.45, 7) is 3.86. The highest BCUT2D eigenvalue weighted by atomic mass is 31.2. The van der Waals surface area contributed by atoms with Gasteiger partial charge in [-0.05, 0) is 128 Å². The number of allylic oxidation sites excluding steroid dienone is 28. The smallest absolute Gasteiger partial charge is 0.306 e. The molecule has 10 heteroatoms. The minimum absolute atomic E-state index is 0.0571. The molecule has 0 heterocycles. The molecule has 0 aromatic carbocycles. The maximum atomic E-state index is 12.7. The quantitative estimate of drug-likeness (QED) is 0.0195. The molecule has 402 valence electrons. The minimum atomic E-state index is -4.67. The Morgan fingerprint density at radius 2 is 0.736 bits per heavy atom. The van der Waals surface area contributed by atoms with Gasteiger partial charge in [-0.3, -0.25) is 14.2 Å². The molecule has 0 saturated heterocycles. The van der Waals surface area contributed by atoms with Crippen LogP contribution in [0.5, 0.6) is 0 Å². The Bertz CT molecular complexity index is 1810. The third-order valence-electron chi connectivity index (χ3n) is 10.2. The van der Waals surface area contributed by atoms with Crippen LogP contribution in [-0.4, -0.2) is 70.0 Å². The van der Waals surface area contributed by atoms with Gasteiger partial charge in [-0.1, -0.05) is 184 Å². The lowest BCUT2D eigenvalue weighted by atomic mass is 10.1. The van der Waals surface area contributed by atoms with Crippen LogP contribution in [0.4, 0.5) is 0 Å². The molecule has 0 aliphatic carbocycles. The molecule has 72 heavy (non-hydrogen) atoms. The maximum absolute atomic E-state index is 12.7. The number of hydrogen-bond acceptors (Lipinski definition) is 8. The van der Waals surface area contributed by atoms with Gasteiger partial charge in [-0.25, -0.2) is 0 Å². The predicted molar refractivity (Wildman–Crippen MR) is 304 cm³/mol. The van der Waals surface area contributed by atoms with Crippen molar-refractivity contribution in [3.05, 3.63) is 170 Å². The van der Waals surface area contributed by atoms with E-state index in [1.165, 1.54) is 0 Å². The van der Waals surface area contributed by atoms with E-state index in [1.54, 1.807) is 0 Å². The predicted octanol–water partition coefficient (Wildman–Crippen LogP) is 16.1. The first-order valence-corrected chi connectivity index (χ1v) is 28.3. The van der Waals surface area contributed by atoms with Crippen LogP contribution in [0.1, 0.15) is 155 Å². The fourth-order valence-corrected chi connectivity index (χ4v) is 6.87. The second-order valence-corrected chi connectivity index (χ2v) is 19.5. The van der Waals surface area contributed by atoms with E-state index >= 15 is 0 Å². The van der Waals surface area contributed by atoms with Gasteiger partial charge in [0.2, 0.25) is 0 Å². The molecule has 0 aromatic heterocycles. The Labute approximate surface area is 438 Å². The van der Waals surface area contributed by atoms with Crippen LogP contribution in [0.3, 0.4) is 0 Å². The van der Waals surface area contributed by atoms with E-state index in [4.69, 9.17) is 18.5 Å². The molecule has 0 amide bonds. The summed E-state index contributed by atoms with van der Waals surface area (Å²) < 4.78 is 33.9. The van der Waals surface area contributed by atoms with Crippen molar-refractivity contribution in [2.45, 2.75) is 161 Å². The number of hydrogen-bond donors (Lipinski definition) is 0. The Morgan fingerprint density at radius 3 is 1.06 bits per heavy atom. The molecule has 9 nitrogen and oxygen atoms in total. The van der Waals surface area contributed by atoms with E-state index in [0.717, 1.165) is 116 Å². The van der Waals surface area contributed by atoms with Crippen molar-refractivity contribution in [1.82, 2.24) is 0 Å². The molecule has 0 bridgehead atoms. The summed E-state index contributed by atoms with van der Waals surface area (Å²) in [5.74, 6) is -0.954. The number of nitrogens with zero attached hydrogens (tertiary/aromatic N) is 1. The van der Waals surface area contributed by atoms with Crippen molar-refractivity contribution in [3.8, 4) is 0 Å². The summed E-state index contributed by atoms with van der Waals surface area (Å²) >= 11 is 0. The van der Waals surface area contributed by atoms with Gasteiger partial charge in [0.05, 0.1) is 27.7 Å². The first kappa shape index (κ1) is 67.4. The number of unbranched alkanes of at least 4 members (excludes halogenated alkanes) is 4. The number of phosphoric acid groups is 1. The van der Waals surface area contributed by atoms with Gasteiger partial charge in [0.15, 0.2) is 6.10 Å². The van der Waals surface area contributed by atoms with Gasteiger partial charge in [0.1, 0.15) is 19.8 Å². The largest absolute Gasteiger partial charge is 0.756 e. The first-order chi connectivity index (χ1) is 35.0. The van der Waals surface area contributed by atoms with Crippen molar-refractivity contribution < 1.29 is 42.1 Å². The van der Waals surface area contributed by atoms with E-state index in [9.17, 15) is 19.0 Å². The maximum Gasteiger partial charge on any atom is 0.306 e. The number of carbonyl (C=O) groups is 2. The summed E-state index contributed by atoms with van der Waals surface area (Å²) in [7, 11) is 1.08. The van der Waals surface area contributed by atoms with E-state index in [2.05, 4.69) is 184 Å². The number of quaternary nitrogens is 1. The zero-order valence-electron chi connectivity index (χ0n) is 45.3. The minimum Gasteiger partial charge on any atom is -0.756 e. The second kappa shape index (κ2) is 51.3. The molecule has 0 radical (unpaired) electrons. The highest BCUT2D eigenvalue weighted by Crippen LogP contribution is 2.38. The molecule has 0 aromatic rings. The second-order valence-electron chi connectivity index (χ2n) is 18.1. The zero-order valence-corrected chi connectivity index (χ0v) is 46.2. The van der Waals surface area contributed by atoms with Crippen molar-refractivity contribution in [1.29, 1.82) is 0 Å². The zero-order chi connectivity index (χ0) is 52.7. The van der Waals surface area contributed by atoms with Crippen molar-refractivity contribution >= 4 is 19.8 Å². The van der Waals surface area contributed by atoms with Crippen LogP contribution in [0.2, 0.25) is 0 Å². The van der Waals surface area contributed by atoms with Crippen LogP contribution in [0.15, 0.2) is 170 Å². The van der Waals surface area contributed by atoms with Gasteiger partial charge in [0.25, 0.3) is 7.82 Å². The fraction of sp³-hybridized carbons (Fsp3) is 0.516. The molecule has 0 aliphatic rings. The lowest BCUT2D eigenvalue weighted by Gasteiger charge is -2.28. The number of phosphoric ester groups is 1. The molecular formula is C62H96NO8P. The molecule has 2 atom stereocenters. The van der Waals surface area contributed by atoms with E-state index < -0.39 is 32.5 Å². The van der Waals surface area contributed by atoms with Crippen LogP contribution in [0, 0.1) is 0 Å². The number of ether oxygens (including phenoxy) is 2. The topological polar surface area (TPSA) is 111 Å². The summed E-state index contributed by atoms with van der Waals surface area (Å²) in [5.41, 5.74) is 0. The number of rotatable bonds is 46. The lowest BCUT2D eigenvalue weighted by Crippen LogP contribution is -2.37. The van der Waals surface area contributed by atoms with Crippen LogP contribution in [-0.2, 0) is 32.7 Å². The average Bonchev–Trinajstić information content (AvgIpc) is 3.34. The normalized spacial score (nSPS) is 14.7. The van der Waals surface area contributed by atoms with Crippen LogP contribution < -0.4 is 4.89 Å². The first-order valence-electron chi connectivity index (χ1n) is 26.8. The fourth-order valence-electron chi connectivity index (χ4n) is 6.14. The molecule has 0 fully saturated rings. The van der Waals surface area contributed by atoms with Crippen LogP contribution in [0.25, 0.3) is 0 Å². The highest BCUT2D eigenvalue weighted by Gasteiger charge is 2.21. The highest BCUT2D eigenvalue weighted by molar-refractivity contribution is 7.45. The third-order valence-corrected chi connectivity index (χ3v) is 11.2. The lowest BCUT2D eigenvalue weighted by molar-refractivity contribution is -0.870. The summed E-state index contributed by atoms with van der Waals surface area (Å²) in [4.78, 5) is 37.7. The molecular weight excluding hydrogens is 918 g/mol. The van der Waals surface area contributed by atoms with Gasteiger partial charge < -0.3 is 27.9 Å². The van der Waals surface area contributed by atoms with Crippen molar-refractivity contribution in [2.24, 2.45) is 0 Å². The standard InChI is InChI=1S/C62H96NO8P/c1-6-8-10-12-14-16-18-20-22-23-24-25-26-27-28-29-30-31-32-33-34-35-36-37-38-39-41-43-45-47-49-51-53-55-62(65)71-60(59-70-72(66,67)69-57-56-63(3,4)5)58-68-61(64)54-52-50-48-46-44-42-40-21-19-17-15-13-11-9-7-2/h8-11,14-17,20-22,24-25,27-28,30-31,33-34,36-37,39-41,44-47,60H,6-7,12-13,18-19,23,26,29,32,35,38,42-43,48-59H2,1-5H3/b10-8-,11-9-,16-14-,17-15-,22-20-,25-24-,28-27-,31-30-,34-33-,37-36-,40-21-,41-39-,46-44-,47-45-. The van der Waals surface area contributed by atoms with E-state index in [0.29, 0.717) is 23.9 Å². The monoisotopic (exact) mass is 1010 g/mol. The van der Waals surface area contributed by atoms with Crippen LogP contribution >= 0.6 is 7.82 Å². The average molecular weight is 1010 g/mol. The van der Waals surface area contributed by atoms with Gasteiger partial charge >= 0.3 is 11.9 Å². The third kappa shape index (κ3) is 54.7. The summed E-state index contributed by atoms with van der Waals surface area (Å²) in [6.07, 6.45) is 78.4. The summed E-state index contributed by atoms with van der Waals surface area (Å²) in [6, 6.07) is 0. The van der Waals surface area contributed by atoms with Crippen molar-refractivity contribution in [2.75, 3.05) is 47.5 Å². The number of esters is 2. The number of carbonyl (C=O) groups excluding carboxylic acids is 2. The number of likely N-dealkylation sites (N-methyl/N-ethyl adjacent to an activating group) is 1. The summed E-state index contributed by atoms with van der Waals surface area (Å²) in [5, 5.41) is 0. The SMILES string of the molecule is CC/C=C\C/C=C\C/C=C\C/C=C\C/C=C\C/C=C\C/C=C\C/C=C\C/C=C\C/C=C\CCCCC(=O)OC(COC(=O)CCCC/C=C\C/C=C\C/C=C\C/C=C\CC)COP(=O)([O-])OCC[N+](C)(C)C. The van der Waals surface area contributed by atoms with Gasteiger partial charge in [-0.15, -0.1) is 0 Å². The molecule has 0 spiro atoms.